The van der Waals surface area contributed by atoms with Crippen LogP contribution in [0.15, 0.2) is 30.6 Å². The van der Waals surface area contributed by atoms with Crippen LogP contribution < -0.4 is 10.5 Å². The Kier molecular flexibility index (Phi) is 3.62. The van der Waals surface area contributed by atoms with Gasteiger partial charge in [-0.1, -0.05) is 6.07 Å². The van der Waals surface area contributed by atoms with Crippen molar-refractivity contribution in [3.05, 3.63) is 42.0 Å². The van der Waals surface area contributed by atoms with Gasteiger partial charge in [0.05, 0.1) is 12.4 Å². The van der Waals surface area contributed by atoms with Gasteiger partial charge in [-0.25, -0.2) is 4.39 Å². The highest BCUT2D eigenvalue weighted by atomic mass is 19.1. The predicted molar refractivity (Wildman–Crippen MR) is 67.0 cm³/mol. The fourth-order valence-corrected chi connectivity index (χ4v) is 1.75. The average Bonchev–Trinajstić information content (AvgIpc) is 2.76. The lowest BCUT2D eigenvalue weighted by atomic mass is 10.1. The Morgan fingerprint density at radius 3 is 2.89 bits per heavy atom. The quantitative estimate of drug-likeness (QED) is 0.906. The molecule has 2 aromatic rings. The Bertz CT molecular complexity index is 537. The number of ether oxygens (including phenoxy) is 1. The van der Waals surface area contributed by atoms with Crippen molar-refractivity contribution in [1.29, 1.82) is 0 Å². The van der Waals surface area contributed by atoms with Crippen LogP contribution in [0, 0.1) is 5.82 Å². The van der Waals surface area contributed by atoms with Crippen molar-refractivity contribution in [3.63, 3.8) is 0 Å². The molecule has 0 amide bonds. The van der Waals surface area contributed by atoms with Gasteiger partial charge < -0.3 is 10.5 Å². The predicted octanol–water partition coefficient (Wildman–Crippen LogP) is 2.85. The van der Waals surface area contributed by atoms with Crippen LogP contribution in [0.5, 0.6) is 11.5 Å². The molecule has 2 rings (SSSR count). The normalized spacial score (nSPS) is 12.4. The van der Waals surface area contributed by atoms with Crippen molar-refractivity contribution in [2.75, 3.05) is 0 Å². The first kappa shape index (κ1) is 12.6. The van der Waals surface area contributed by atoms with Crippen LogP contribution in [0.25, 0.3) is 0 Å². The number of aromatic nitrogens is 2. The third-order valence-electron chi connectivity index (χ3n) is 2.63. The van der Waals surface area contributed by atoms with Crippen molar-refractivity contribution in [1.82, 2.24) is 9.78 Å². The van der Waals surface area contributed by atoms with Crippen molar-refractivity contribution < 1.29 is 9.13 Å². The van der Waals surface area contributed by atoms with Crippen LogP contribution >= 0.6 is 0 Å². The monoisotopic (exact) mass is 249 g/mol. The number of aryl methyl sites for hydroxylation is 1. The average molecular weight is 249 g/mol. The summed E-state index contributed by atoms with van der Waals surface area (Å²) < 4.78 is 21.1. The second kappa shape index (κ2) is 5.18. The van der Waals surface area contributed by atoms with E-state index in [0.717, 1.165) is 6.54 Å². The Balaban J connectivity index is 2.31. The second-order valence-electron chi connectivity index (χ2n) is 4.07. The summed E-state index contributed by atoms with van der Waals surface area (Å²) in [6, 6.07) is 4.25. The second-order valence-corrected chi connectivity index (χ2v) is 4.07. The minimum absolute atomic E-state index is 0.356. The van der Waals surface area contributed by atoms with Crippen molar-refractivity contribution in [2.45, 2.75) is 26.4 Å². The Hall–Kier alpha value is -1.88. The maximum absolute atomic E-state index is 13.7. The summed E-state index contributed by atoms with van der Waals surface area (Å²) in [4.78, 5) is 0. The largest absolute Gasteiger partial charge is 0.454 e. The third kappa shape index (κ3) is 2.51. The molecule has 96 valence electrons. The van der Waals surface area contributed by atoms with Crippen LogP contribution in [0.1, 0.15) is 25.5 Å². The minimum Gasteiger partial charge on any atom is -0.454 e. The van der Waals surface area contributed by atoms with Crippen LogP contribution in [0.2, 0.25) is 0 Å². The Morgan fingerprint density at radius 1 is 1.50 bits per heavy atom. The van der Waals surface area contributed by atoms with Crippen molar-refractivity contribution in [3.8, 4) is 11.5 Å². The van der Waals surface area contributed by atoms with E-state index in [4.69, 9.17) is 10.5 Å². The van der Waals surface area contributed by atoms with Crippen LogP contribution in [-0.2, 0) is 6.54 Å². The molecule has 0 unspecified atom stereocenters. The summed E-state index contributed by atoms with van der Waals surface area (Å²) in [7, 11) is 0. The molecule has 0 aliphatic rings. The van der Waals surface area contributed by atoms with E-state index in [9.17, 15) is 4.39 Å². The molecule has 0 saturated heterocycles. The maximum Gasteiger partial charge on any atom is 0.165 e. The van der Waals surface area contributed by atoms with Gasteiger partial charge in [0.2, 0.25) is 0 Å². The minimum atomic E-state index is -0.428. The van der Waals surface area contributed by atoms with E-state index >= 15 is 0 Å². The van der Waals surface area contributed by atoms with Gasteiger partial charge in [0.25, 0.3) is 0 Å². The van der Waals surface area contributed by atoms with Crippen molar-refractivity contribution in [2.24, 2.45) is 5.73 Å². The zero-order valence-corrected chi connectivity index (χ0v) is 10.4. The van der Waals surface area contributed by atoms with E-state index in [-0.39, 0.29) is 5.82 Å². The zero-order valence-electron chi connectivity index (χ0n) is 10.4. The van der Waals surface area contributed by atoms with Gasteiger partial charge in [-0.2, -0.15) is 5.10 Å². The van der Waals surface area contributed by atoms with Gasteiger partial charge in [-0.15, -0.1) is 0 Å². The summed E-state index contributed by atoms with van der Waals surface area (Å²) in [5.41, 5.74) is 6.14. The molecule has 2 N–H and O–H groups in total. The number of nitrogens with zero attached hydrogens (tertiary/aromatic N) is 2. The molecule has 0 fully saturated rings. The lowest BCUT2D eigenvalue weighted by Crippen LogP contribution is -2.09. The van der Waals surface area contributed by atoms with Crippen LogP contribution in [0.3, 0.4) is 0 Å². The fourth-order valence-electron chi connectivity index (χ4n) is 1.75. The zero-order chi connectivity index (χ0) is 13.1. The van der Waals surface area contributed by atoms with E-state index in [1.807, 2.05) is 6.92 Å². The van der Waals surface area contributed by atoms with E-state index < -0.39 is 6.04 Å². The lowest BCUT2D eigenvalue weighted by molar-refractivity contribution is 0.460. The third-order valence-corrected chi connectivity index (χ3v) is 2.63. The van der Waals surface area contributed by atoms with Crippen LogP contribution in [0.4, 0.5) is 4.39 Å². The summed E-state index contributed by atoms with van der Waals surface area (Å²) in [6.45, 7) is 4.46. The summed E-state index contributed by atoms with van der Waals surface area (Å²) in [5.74, 6) is 0.649. The van der Waals surface area contributed by atoms with Gasteiger partial charge in [-0.05, 0) is 26.0 Å². The highest BCUT2D eigenvalue weighted by molar-refractivity contribution is 5.39. The number of hydrogen-bond acceptors (Lipinski definition) is 3. The van der Waals surface area contributed by atoms with Crippen LogP contribution in [-0.4, -0.2) is 9.78 Å². The highest BCUT2D eigenvalue weighted by Crippen LogP contribution is 2.30. The van der Waals surface area contributed by atoms with E-state index in [1.165, 1.54) is 6.07 Å². The Labute approximate surface area is 105 Å². The molecule has 5 heteroatoms. The first-order chi connectivity index (χ1) is 8.61. The number of rotatable bonds is 4. The molecule has 0 spiro atoms. The molecule has 0 aliphatic heterocycles. The first-order valence-electron chi connectivity index (χ1n) is 5.86. The van der Waals surface area contributed by atoms with Gasteiger partial charge in [0.15, 0.2) is 5.75 Å². The number of halogens is 1. The molecule has 1 heterocycles. The molecule has 18 heavy (non-hydrogen) atoms. The lowest BCUT2D eigenvalue weighted by Gasteiger charge is -2.13. The number of nitrogens with two attached hydrogens (primary N) is 1. The van der Waals surface area contributed by atoms with Crippen molar-refractivity contribution >= 4 is 0 Å². The van der Waals surface area contributed by atoms with E-state index in [1.54, 1.807) is 36.1 Å². The van der Waals surface area contributed by atoms with E-state index in [2.05, 4.69) is 5.10 Å². The maximum atomic E-state index is 13.7. The highest BCUT2D eigenvalue weighted by Gasteiger charge is 2.14. The summed E-state index contributed by atoms with van der Waals surface area (Å²) in [6.07, 6.45) is 3.36. The standard InChI is InChI=1S/C13H16FN3O/c1-3-17-8-10(7-16-17)18-12-6-4-5-11(14)13(12)9(2)15/h4-9H,3,15H2,1-2H3/t9-/m1/s1. The number of benzene rings is 1. The summed E-state index contributed by atoms with van der Waals surface area (Å²) in [5, 5.41) is 4.09. The molecule has 4 nitrogen and oxygen atoms in total. The molecular formula is C13H16FN3O. The smallest absolute Gasteiger partial charge is 0.165 e. The van der Waals surface area contributed by atoms with E-state index in [0.29, 0.717) is 17.1 Å². The van der Waals surface area contributed by atoms with Gasteiger partial charge >= 0.3 is 0 Å². The topological polar surface area (TPSA) is 53.1 Å². The Morgan fingerprint density at radius 2 is 2.28 bits per heavy atom. The van der Waals surface area contributed by atoms with Gasteiger partial charge in [0, 0.05) is 18.2 Å². The number of hydrogen-bond donors (Lipinski definition) is 1. The molecule has 1 atom stereocenters. The van der Waals surface area contributed by atoms with Gasteiger partial charge in [0.1, 0.15) is 11.6 Å². The molecule has 0 radical (unpaired) electrons. The molecule has 1 aromatic heterocycles. The molecule has 0 aliphatic carbocycles. The molecule has 1 aromatic carbocycles. The fraction of sp³-hybridized carbons (Fsp3) is 0.308. The van der Waals surface area contributed by atoms with Gasteiger partial charge in [-0.3, -0.25) is 4.68 Å². The summed E-state index contributed by atoms with van der Waals surface area (Å²) >= 11 is 0. The molecule has 0 saturated carbocycles. The SMILES string of the molecule is CCn1cc(Oc2cccc(F)c2[C@@H](C)N)cn1. The first-order valence-corrected chi connectivity index (χ1v) is 5.86. The molecule has 0 bridgehead atoms. The molecular weight excluding hydrogens is 233 g/mol.